The molecular weight excluding hydrogens is 282 g/mol. The van der Waals surface area contributed by atoms with Crippen LogP contribution in [0.2, 0.25) is 0 Å². The zero-order valence-corrected chi connectivity index (χ0v) is 12.1. The predicted molar refractivity (Wildman–Crippen MR) is 79.1 cm³/mol. The van der Waals surface area contributed by atoms with Crippen molar-refractivity contribution in [2.45, 2.75) is 20.0 Å². The molecule has 2 aromatic heterocycles. The van der Waals surface area contributed by atoms with Crippen molar-refractivity contribution in [3.63, 3.8) is 0 Å². The fourth-order valence-electron chi connectivity index (χ4n) is 2.01. The van der Waals surface area contributed by atoms with Gasteiger partial charge in [-0.25, -0.2) is 4.79 Å². The molecule has 0 aliphatic carbocycles. The number of esters is 1. The van der Waals surface area contributed by atoms with Crippen LogP contribution >= 0.6 is 0 Å². The van der Waals surface area contributed by atoms with Crippen molar-refractivity contribution in [3.8, 4) is 11.5 Å². The summed E-state index contributed by atoms with van der Waals surface area (Å²) < 4.78 is 15.6. The first kappa shape index (κ1) is 14.1. The van der Waals surface area contributed by atoms with Gasteiger partial charge < -0.3 is 13.7 Å². The van der Waals surface area contributed by atoms with E-state index >= 15 is 0 Å². The zero-order valence-electron chi connectivity index (χ0n) is 12.1. The Morgan fingerprint density at radius 1 is 1.18 bits per heavy atom. The van der Waals surface area contributed by atoms with E-state index in [0.717, 1.165) is 6.42 Å². The third-order valence-electron chi connectivity index (χ3n) is 3.27. The second-order valence-electron chi connectivity index (χ2n) is 4.79. The second-order valence-corrected chi connectivity index (χ2v) is 4.79. The summed E-state index contributed by atoms with van der Waals surface area (Å²) in [5.41, 5.74) is 2.23. The molecule has 112 valence electrons. The summed E-state index contributed by atoms with van der Waals surface area (Å²) in [5.74, 6) is 0.703. The third kappa shape index (κ3) is 3.09. The molecule has 0 saturated heterocycles. The zero-order chi connectivity index (χ0) is 15.4. The molecule has 5 heteroatoms. The van der Waals surface area contributed by atoms with E-state index in [1.807, 2.05) is 12.1 Å². The van der Waals surface area contributed by atoms with E-state index in [-0.39, 0.29) is 12.6 Å². The molecular formula is C17H15NO4. The number of aromatic nitrogens is 1. The van der Waals surface area contributed by atoms with E-state index in [4.69, 9.17) is 13.7 Å². The Kier molecular flexibility index (Phi) is 4.05. The summed E-state index contributed by atoms with van der Waals surface area (Å²) in [6.07, 6.45) is 2.49. The quantitative estimate of drug-likeness (QED) is 0.669. The Morgan fingerprint density at radius 2 is 2.00 bits per heavy atom. The Balaban J connectivity index is 1.61. The number of hydrogen-bond acceptors (Lipinski definition) is 5. The molecule has 0 fully saturated rings. The van der Waals surface area contributed by atoms with E-state index in [2.05, 4.69) is 12.1 Å². The summed E-state index contributed by atoms with van der Waals surface area (Å²) in [7, 11) is 0. The van der Waals surface area contributed by atoms with Crippen LogP contribution in [0.1, 0.15) is 28.5 Å². The van der Waals surface area contributed by atoms with Crippen LogP contribution in [-0.2, 0) is 17.8 Å². The van der Waals surface area contributed by atoms with E-state index < -0.39 is 0 Å². The Bertz CT molecular complexity index is 741. The topological polar surface area (TPSA) is 65.5 Å². The minimum atomic E-state index is -0.384. The van der Waals surface area contributed by atoms with Crippen molar-refractivity contribution in [3.05, 3.63) is 65.5 Å². The van der Waals surface area contributed by atoms with Crippen molar-refractivity contribution in [1.29, 1.82) is 0 Å². The molecule has 0 aliphatic heterocycles. The van der Waals surface area contributed by atoms with Crippen LogP contribution in [0.4, 0.5) is 0 Å². The molecule has 0 amide bonds. The maximum atomic E-state index is 12.0. The number of hydrogen-bond donors (Lipinski definition) is 0. The molecule has 0 saturated carbocycles. The average molecular weight is 297 g/mol. The molecule has 0 unspecified atom stereocenters. The smallest absolute Gasteiger partial charge is 0.338 e. The third-order valence-corrected chi connectivity index (χ3v) is 3.27. The number of rotatable bonds is 5. The lowest BCUT2D eigenvalue weighted by atomic mass is 10.1. The standard InChI is InChI=1S/C17H15NO4/c1-2-12-5-7-13(8-6-12)17(19)21-11-14-10-16(22-18-14)15-4-3-9-20-15/h3-10H,2,11H2,1H3. The second kappa shape index (κ2) is 6.30. The summed E-state index contributed by atoms with van der Waals surface area (Å²) in [6, 6.07) is 12.6. The average Bonchev–Trinajstić information content (AvgIpc) is 3.23. The lowest BCUT2D eigenvalue weighted by Crippen LogP contribution is -2.05. The molecule has 22 heavy (non-hydrogen) atoms. The Morgan fingerprint density at radius 3 is 2.68 bits per heavy atom. The van der Waals surface area contributed by atoms with E-state index in [9.17, 15) is 4.79 Å². The maximum absolute atomic E-state index is 12.0. The first-order valence-electron chi connectivity index (χ1n) is 7.02. The summed E-state index contributed by atoms with van der Waals surface area (Å²) in [6.45, 7) is 2.12. The van der Waals surface area contributed by atoms with E-state index in [1.165, 1.54) is 5.56 Å². The minimum absolute atomic E-state index is 0.0541. The number of ether oxygens (including phenoxy) is 1. The summed E-state index contributed by atoms with van der Waals surface area (Å²) >= 11 is 0. The molecule has 1 aromatic carbocycles. The van der Waals surface area contributed by atoms with Gasteiger partial charge in [0.25, 0.3) is 0 Å². The molecule has 0 atom stereocenters. The normalized spacial score (nSPS) is 10.6. The van der Waals surface area contributed by atoms with Crippen molar-refractivity contribution in [2.75, 3.05) is 0 Å². The molecule has 0 radical (unpaired) electrons. The van der Waals surface area contributed by atoms with Gasteiger partial charge in [-0.3, -0.25) is 0 Å². The maximum Gasteiger partial charge on any atom is 0.338 e. The highest BCUT2D eigenvalue weighted by Crippen LogP contribution is 2.21. The lowest BCUT2D eigenvalue weighted by Gasteiger charge is -2.03. The van der Waals surface area contributed by atoms with Gasteiger partial charge in [-0.2, -0.15) is 0 Å². The molecule has 3 rings (SSSR count). The van der Waals surface area contributed by atoms with Gasteiger partial charge >= 0.3 is 5.97 Å². The highest BCUT2D eigenvalue weighted by Gasteiger charge is 2.12. The molecule has 0 bridgehead atoms. The molecule has 2 heterocycles. The van der Waals surface area contributed by atoms with Crippen LogP contribution < -0.4 is 0 Å². The van der Waals surface area contributed by atoms with Crippen molar-refractivity contribution < 1.29 is 18.5 Å². The van der Waals surface area contributed by atoms with Crippen LogP contribution in [0.25, 0.3) is 11.5 Å². The lowest BCUT2D eigenvalue weighted by molar-refractivity contribution is 0.0464. The molecule has 0 N–H and O–H groups in total. The summed E-state index contributed by atoms with van der Waals surface area (Å²) in [5, 5.41) is 3.85. The van der Waals surface area contributed by atoms with Crippen LogP contribution in [-0.4, -0.2) is 11.1 Å². The predicted octanol–water partition coefficient (Wildman–Crippen LogP) is 3.85. The monoisotopic (exact) mass is 297 g/mol. The molecule has 3 aromatic rings. The van der Waals surface area contributed by atoms with Gasteiger partial charge in [-0.15, -0.1) is 0 Å². The SMILES string of the molecule is CCc1ccc(C(=O)OCc2cc(-c3ccco3)on2)cc1. The molecule has 0 spiro atoms. The fourth-order valence-corrected chi connectivity index (χ4v) is 2.01. The highest BCUT2D eigenvalue weighted by atomic mass is 16.5. The first-order valence-corrected chi connectivity index (χ1v) is 7.02. The number of carbonyl (C=O) groups is 1. The fraction of sp³-hybridized carbons (Fsp3) is 0.176. The molecule has 0 aliphatic rings. The van der Waals surface area contributed by atoms with Crippen molar-refractivity contribution in [2.24, 2.45) is 0 Å². The van der Waals surface area contributed by atoms with E-state index in [1.54, 1.807) is 36.6 Å². The number of nitrogens with zero attached hydrogens (tertiary/aromatic N) is 1. The Labute approximate surface area is 127 Å². The van der Waals surface area contributed by atoms with Crippen molar-refractivity contribution >= 4 is 5.97 Å². The van der Waals surface area contributed by atoms with Crippen molar-refractivity contribution in [1.82, 2.24) is 5.16 Å². The largest absolute Gasteiger partial charge is 0.461 e. The van der Waals surface area contributed by atoms with Gasteiger partial charge in [-0.1, -0.05) is 24.2 Å². The number of aryl methyl sites for hydroxylation is 1. The Hall–Kier alpha value is -2.82. The van der Waals surface area contributed by atoms with Gasteiger partial charge in [0.2, 0.25) is 5.76 Å². The summed E-state index contributed by atoms with van der Waals surface area (Å²) in [4.78, 5) is 12.0. The van der Waals surface area contributed by atoms with Gasteiger partial charge in [-0.05, 0) is 36.2 Å². The molecule has 5 nitrogen and oxygen atoms in total. The van der Waals surface area contributed by atoms with Gasteiger partial charge in [0.1, 0.15) is 12.3 Å². The van der Waals surface area contributed by atoms with Gasteiger partial charge in [0, 0.05) is 6.07 Å². The minimum Gasteiger partial charge on any atom is -0.461 e. The first-order chi connectivity index (χ1) is 10.8. The highest BCUT2D eigenvalue weighted by molar-refractivity contribution is 5.89. The number of furan rings is 1. The van der Waals surface area contributed by atoms with Crippen LogP contribution in [0.3, 0.4) is 0 Å². The van der Waals surface area contributed by atoms with Crippen LogP contribution in [0.5, 0.6) is 0 Å². The van der Waals surface area contributed by atoms with E-state index in [0.29, 0.717) is 22.8 Å². The number of carbonyl (C=O) groups excluding carboxylic acids is 1. The number of benzene rings is 1. The van der Waals surface area contributed by atoms with Gasteiger partial charge in [0.15, 0.2) is 5.76 Å². The van der Waals surface area contributed by atoms with Crippen LogP contribution in [0.15, 0.2) is 57.7 Å². The van der Waals surface area contributed by atoms with Crippen LogP contribution in [0, 0.1) is 0 Å². The van der Waals surface area contributed by atoms with Gasteiger partial charge in [0.05, 0.1) is 11.8 Å².